The molecule has 0 unspecified atom stereocenters. The quantitative estimate of drug-likeness (QED) is 0.540. The van der Waals surface area contributed by atoms with E-state index < -0.39 is 35.8 Å². The Balaban J connectivity index is 2.10. The molecule has 2 atom stereocenters. The summed E-state index contributed by atoms with van der Waals surface area (Å²) in [6.45, 7) is 0. The van der Waals surface area contributed by atoms with Crippen LogP contribution in [0.2, 0.25) is 0 Å². The van der Waals surface area contributed by atoms with Crippen LogP contribution in [0.3, 0.4) is 0 Å². The van der Waals surface area contributed by atoms with E-state index in [2.05, 4.69) is 5.32 Å². The van der Waals surface area contributed by atoms with Gasteiger partial charge in [-0.1, -0.05) is 30.3 Å². The highest BCUT2D eigenvalue weighted by molar-refractivity contribution is 14.1. The van der Waals surface area contributed by atoms with Crippen molar-refractivity contribution in [2.24, 2.45) is 0 Å². The SMILES string of the molecule is O=C(O)[C@H](Cc1ccccc1I)NC(=O)[C@@H](O)c1ccc(C(F)(F)F)cc1. The molecule has 0 radical (unpaired) electrons. The lowest BCUT2D eigenvalue weighted by molar-refractivity contribution is -0.143. The zero-order chi connectivity index (χ0) is 20.2. The van der Waals surface area contributed by atoms with Gasteiger partial charge in [0.25, 0.3) is 5.91 Å². The summed E-state index contributed by atoms with van der Waals surface area (Å²) < 4.78 is 38.5. The summed E-state index contributed by atoms with van der Waals surface area (Å²) in [4.78, 5) is 23.6. The second-order valence-corrected chi connectivity index (χ2v) is 6.88. The number of hydrogen-bond acceptors (Lipinski definition) is 3. The average molecular weight is 493 g/mol. The van der Waals surface area contributed by atoms with Gasteiger partial charge in [0.1, 0.15) is 6.04 Å². The van der Waals surface area contributed by atoms with Crippen LogP contribution in [0.5, 0.6) is 0 Å². The molecule has 0 heterocycles. The fourth-order valence-corrected chi connectivity index (χ4v) is 2.95. The summed E-state index contributed by atoms with van der Waals surface area (Å²) in [5, 5.41) is 21.6. The Bertz CT molecular complexity index is 824. The Hall–Kier alpha value is -2.14. The van der Waals surface area contributed by atoms with E-state index in [4.69, 9.17) is 0 Å². The van der Waals surface area contributed by atoms with E-state index in [1.807, 2.05) is 22.6 Å². The third-order valence-corrected chi connectivity index (χ3v) is 4.85. The molecule has 0 aliphatic rings. The van der Waals surface area contributed by atoms with Gasteiger partial charge in [-0.15, -0.1) is 0 Å². The second kappa shape index (κ2) is 8.70. The molecule has 0 saturated heterocycles. The molecule has 2 aromatic carbocycles. The van der Waals surface area contributed by atoms with Crippen molar-refractivity contribution in [2.45, 2.75) is 24.7 Å². The van der Waals surface area contributed by atoms with Crippen LogP contribution < -0.4 is 5.32 Å². The summed E-state index contributed by atoms with van der Waals surface area (Å²) in [6, 6.07) is 9.16. The molecule has 2 rings (SSSR count). The Morgan fingerprint density at radius 2 is 1.67 bits per heavy atom. The van der Waals surface area contributed by atoms with E-state index in [9.17, 15) is 33.0 Å². The molecule has 27 heavy (non-hydrogen) atoms. The number of benzene rings is 2. The lowest BCUT2D eigenvalue weighted by atomic mass is 10.0. The van der Waals surface area contributed by atoms with Gasteiger partial charge in [-0.2, -0.15) is 13.2 Å². The van der Waals surface area contributed by atoms with E-state index in [1.165, 1.54) is 0 Å². The predicted molar refractivity (Wildman–Crippen MR) is 98.8 cm³/mol. The van der Waals surface area contributed by atoms with E-state index in [0.29, 0.717) is 5.56 Å². The lowest BCUT2D eigenvalue weighted by Gasteiger charge is -2.18. The van der Waals surface area contributed by atoms with Gasteiger partial charge in [0.05, 0.1) is 5.56 Å². The van der Waals surface area contributed by atoms with E-state index in [0.717, 1.165) is 27.8 Å². The number of halogens is 4. The summed E-state index contributed by atoms with van der Waals surface area (Å²) in [7, 11) is 0. The summed E-state index contributed by atoms with van der Waals surface area (Å²) >= 11 is 2.04. The maximum Gasteiger partial charge on any atom is 0.416 e. The molecule has 9 heteroatoms. The first-order valence-corrected chi connectivity index (χ1v) is 8.79. The molecule has 0 bridgehead atoms. The molecule has 0 aliphatic carbocycles. The van der Waals surface area contributed by atoms with Crippen LogP contribution in [-0.4, -0.2) is 28.1 Å². The standard InChI is InChI=1S/C18H15F3INO4/c19-18(20,21)12-7-5-10(6-8-12)15(24)16(25)23-14(17(26)27)9-11-3-1-2-4-13(11)22/h1-8,14-15,24H,9H2,(H,23,25)(H,26,27)/t14-,15-/m0/s1. The van der Waals surface area contributed by atoms with Crippen LogP contribution in [0.15, 0.2) is 48.5 Å². The maximum absolute atomic E-state index is 12.6. The van der Waals surface area contributed by atoms with Crippen LogP contribution in [0.1, 0.15) is 22.8 Å². The number of aliphatic carboxylic acids is 1. The minimum Gasteiger partial charge on any atom is -0.480 e. The van der Waals surface area contributed by atoms with E-state index in [1.54, 1.807) is 24.3 Å². The highest BCUT2D eigenvalue weighted by atomic mass is 127. The minimum absolute atomic E-state index is 0.0000811. The van der Waals surface area contributed by atoms with Crippen molar-refractivity contribution < 1.29 is 33.0 Å². The topological polar surface area (TPSA) is 86.6 Å². The third-order valence-electron chi connectivity index (χ3n) is 3.80. The highest BCUT2D eigenvalue weighted by Gasteiger charge is 2.31. The number of hydrogen-bond donors (Lipinski definition) is 3. The molecule has 3 N–H and O–H groups in total. The second-order valence-electron chi connectivity index (χ2n) is 5.72. The Morgan fingerprint density at radius 3 is 2.19 bits per heavy atom. The number of carboxylic acid groups (broad SMARTS) is 1. The first-order valence-electron chi connectivity index (χ1n) is 7.71. The van der Waals surface area contributed by atoms with Crippen molar-refractivity contribution in [1.29, 1.82) is 0 Å². The van der Waals surface area contributed by atoms with Crippen LogP contribution in [0.4, 0.5) is 13.2 Å². The van der Waals surface area contributed by atoms with Crippen molar-refractivity contribution in [3.63, 3.8) is 0 Å². The van der Waals surface area contributed by atoms with Crippen LogP contribution >= 0.6 is 22.6 Å². The zero-order valence-electron chi connectivity index (χ0n) is 13.7. The molecule has 5 nitrogen and oxygen atoms in total. The molecule has 0 saturated carbocycles. The predicted octanol–water partition coefficient (Wildman–Crippen LogP) is 3.16. The number of aliphatic hydroxyl groups excluding tert-OH is 1. The summed E-state index contributed by atoms with van der Waals surface area (Å²) in [6.07, 6.45) is -6.32. The molecular formula is C18H15F3INO4. The fraction of sp³-hybridized carbons (Fsp3) is 0.222. The maximum atomic E-state index is 12.6. The molecule has 0 spiro atoms. The third kappa shape index (κ3) is 5.67. The first-order chi connectivity index (χ1) is 12.6. The normalized spacial score (nSPS) is 13.7. The summed E-state index contributed by atoms with van der Waals surface area (Å²) in [5.74, 6) is -2.30. The van der Waals surface area contributed by atoms with Gasteiger partial charge >= 0.3 is 12.1 Å². The van der Waals surface area contributed by atoms with Gasteiger partial charge in [0, 0.05) is 9.99 Å². The number of carbonyl (C=O) groups is 2. The number of rotatable bonds is 6. The lowest BCUT2D eigenvalue weighted by Crippen LogP contribution is -2.44. The molecule has 1 amide bonds. The number of nitrogens with one attached hydrogen (secondary N) is 1. The van der Waals surface area contributed by atoms with E-state index >= 15 is 0 Å². The van der Waals surface area contributed by atoms with Gasteiger partial charge in [-0.3, -0.25) is 4.79 Å². The van der Waals surface area contributed by atoms with Gasteiger partial charge in [0.15, 0.2) is 6.10 Å². The number of alkyl halides is 3. The van der Waals surface area contributed by atoms with Crippen LogP contribution in [-0.2, 0) is 22.2 Å². The van der Waals surface area contributed by atoms with Gasteiger partial charge in [0.2, 0.25) is 0 Å². The number of carboxylic acids is 1. The Morgan fingerprint density at radius 1 is 1.07 bits per heavy atom. The molecule has 0 aromatic heterocycles. The zero-order valence-corrected chi connectivity index (χ0v) is 15.9. The largest absolute Gasteiger partial charge is 0.480 e. The minimum atomic E-state index is -4.53. The molecule has 144 valence electrons. The molecule has 0 fully saturated rings. The van der Waals surface area contributed by atoms with Gasteiger partial charge in [-0.05, 0) is 51.9 Å². The Labute approximate surface area is 166 Å². The smallest absolute Gasteiger partial charge is 0.416 e. The molecule has 2 aromatic rings. The van der Waals surface area contributed by atoms with Gasteiger partial charge in [-0.25, -0.2) is 4.79 Å². The van der Waals surface area contributed by atoms with Crippen molar-refractivity contribution in [3.8, 4) is 0 Å². The number of aliphatic hydroxyl groups is 1. The van der Waals surface area contributed by atoms with Crippen molar-refractivity contribution >= 4 is 34.5 Å². The van der Waals surface area contributed by atoms with E-state index in [-0.39, 0.29) is 12.0 Å². The Kier molecular flexibility index (Phi) is 6.82. The van der Waals surface area contributed by atoms with Crippen LogP contribution in [0, 0.1) is 3.57 Å². The van der Waals surface area contributed by atoms with Crippen molar-refractivity contribution in [3.05, 3.63) is 68.8 Å². The van der Waals surface area contributed by atoms with Crippen molar-refractivity contribution in [2.75, 3.05) is 0 Å². The monoisotopic (exact) mass is 493 g/mol. The number of carbonyl (C=O) groups excluding carboxylic acids is 1. The van der Waals surface area contributed by atoms with Crippen molar-refractivity contribution in [1.82, 2.24) is 5.32 Å². The highest BCUT2D eigenvalue weighted by Crippen LogP contribution is 2.30. The molecule has 0 aliphatic heterocycles. The number of amides is 1. The average Bonchev–Trinajstić information content (AvgIpc) is 2.61. The summed E-state index contributed by atoms with van der Waals surface area (Å²) in [5.41, 5.74) is -0.283. The van der Waals surface area contributed by atoms with Crippen LogP contribution in [0.25, 0.3) is 0 Å². The van der Waals surface area contributed by atoms with Gasteiger partial charge < -0.3 is 15.5 Å². The first kappa shape index (κ1) is 21.2. The fourth-order valence-electron chi connectivity index (χ4n) is 2.34. The molecular weight excluding hydrogens is 478 g/mol.